The van der Waals surface area contributed by atoms with Crippen LogP contribution in [0.4, 0.5) is 5.69 Å². The molecule has 1 heterocycles. The fourth-order valence-corrected chi connectivity index (χ4v) is 4.99. The number of non-ortho nitro benzene ring substituents is 1. The fraction of sp³-hybridized carbons (Fsp3) is 0.156. The molecule has 5 rings (SSSR count). The van der Waals surface area contributed by atoms with Crippen LogP contribution < -0.4 is 10.3 Å². The van der Waals surface area contributed by atoms with Gasteiger partial charge >= 0.3 is 0 Å². The Morgan fingerprint density at radius 3 is 2.41 bits per heavy atom. The van der Waals surface area contributed by atoms with Crippen LogP contribution in [0.15, 0.2) is 108 Å². The summed E-state index contributed by atoms with van der Waals surface area (Å²) in [4.78, 5) is 45.8. The minimum atomic E-state index is -0.677. The van der Waals surface area contributed by atoms with E-state index in [2.05, 4.69) is 0 Å². The van der Waals surface area contributed by atoms with Gasteiger partial charge in [-0.2, -0.15) is 0 Å². The summed E-state index contributed by atoms with van der Waals surface area (Å²) >= 11 is 0. The molecule has 1 unspecified atom stereocenters. The van der Waals surface area contributed by atoms with Crippen molar-refractivity contribution in [1.82, 2.24) is 14.5 Å². The summed E-state index contributed by atoms with van der Waals surface area (Å²) in [5.41, 5.74) is 1.54. The van der Waals surface area contributed by atoms with Gasteiger partial charge in [0.15, 0.2) is 0 Å². The largest absolute Gasteiger partial charge is 0.495 e. The molecule has 1 aromatic heterocycles. The second-order valence-electron chi connectivity index (χ2n) is 9.45. The third-order valence-corrected chi connectivity index (χ3v) is 6.95. The monoisotopic (exact) mass is 548 g/mol. The summed E-state index contributed by atoms with van der Waals surface area (Å²) in [6.45, 7) is 2.10. The summed E-state index contributed by atoms with van der Waals surface area (Å²) in [6, 6.07) is 28.7. The number of hydrogen-bond donors (Lipinski definition) is 0. The van der Waals surface area contributed by atoms with E-state index >= 15 is 0 Å². The molecule has 0 aliphatic carbocycles. The smallest absolute Gasteiger partial charge is 0.270 e. The number of para-hydroxylation sites is 3. The summed E-state index contributed by atoms with van der Waals surface area (Å²) < 4.78 is 7.12. The summed E-state index contributed by atoms with van der Waals surface area (Å²) in [6.07, 6.45) is 0.410. The molecule has 9 nitrogen and oxygen atoms in total. The molecule has 41 heavy (non-hydrogen) atoms. The van der Waals surface area contributed by atoms with Crippen LogP contribution in [-0.2, 0) is 6.54 Å². The van der Waals surface area contributed by atoms with Gasteiger partial charge in [-0.25, -0.2) is 4.98 Å². The molecule has 206 valence electrons. The highest BCUT2D eigenvalue weighted by atomic mass is 16.6. The molecule has 0 bridgehead atoms. The van der Waals surface area contributed by atoms with Crippen molar-refractivity contribution >= 4 is 22.5 Å². The molecule has 5 aromatic rings. The second-order valence-corrected chi connectivity index (χ2v) is 9.45. The van der Waals surface area contributed by atoms with Crippen LogP contribution in [0.3, 0.4) is 0 Å². The lowest BCUT2D eigenvalue weighted by atomic mass is 10.1. The average Bonchev–Trinajstić information content (AvgIpc) is 3.01. The maximum absolute atomic E-state index is 14.2. The van der Waals surface area contributed by atoms with Crippen molar-refractivity contribution in [3.63, 3.8) is 0 Å². The number of nitro benzene ring substituents is 1. The predicted molar refractivity (Wildman–Crippen MR) is 156 cm³/mol. The third kappa shape index (κ3) is 5.42. The van der Waals surface area contributed by atoms with Gasteiger partial charge in [-0.15, -0.1) is 0 Å². The highest BCUT2D eigenvalue weighted by Gasteiger charge is 2.31. The molecule has 0 fully saturated rings. The zero-order chi connectivity index (χ0) is 28.9. The van der Waals surface area contributed by atoms with Crippen LogP contribution in [0.5, 0.6) is 5.75 Å². The van der Waals surface area contributed by atoms with Gasteiger partial charge < -0.3 is 9.64 Å². The normalized spacial score (nSPS) is 11.7. The lowest BCUT2D eigenvalue weighted by molar-refractivity contribution is -0.384. The second kappa shape index (κ2) is 11.8. The number of carbonyl (C=O) groups excluding carboxylic acids is 1. The molecular weight excluding hydrogens is 520 g/mol. The van der Waals surface area contributed by atoms with Gasteiger partial charge in [0.1, 0.15) is 11.6 Å². The SMILES string of the molecule is CCC(c1nc2ccccc2c(=O)n1-c1ccccc1OC)N(Cc1ccccc1)C(=O)c1cccc([N+](=O)[O-])c1. The Morgan fingerprint density at radius 1 is 0.976 bits per heavy atom. The molecule has 0 N–H and O–H groups in total. The van der Waals surface area contributed by atoms with E-state index in [-0.39, 0.29) is 23.4 Å². The fourth-order valence-electron chi connectivity index (χ4n) is 4.99. The lowest BCUT2D eigenvalue weighted by Gasteiger charge is -2.33. The van der Waals surface area contributed by atoms with E-state index in [1.165, 1.54) is 29.9 Å². The highest BCUT2D eigenvalue weighted by molar-refractivity contribution is 5.95. The number of fused-ring (bicyclic) bond motifs is 1. The Labute approximate surface area is 236 Å². The molecule has 1 atom stereocenters. The number of amides is 1. The summed E-state index contributed by atoms with van der Waals surface area (Å²) in [5, 5.41) is 11.9. The quantitative estimate of drug-likeness (QED) is 0.163. The van der Waals surface area contributed by atoms with Gasteiger partial charge in [-0.3, -0.25) is 24.3 Å². The van der Waals surface area contributed by atoms with E-state index in [1.807, 2.05) is 49.4 Å². The molecular formula is C32H28N4O5. The van der Waals surface area contributed by atoms with Crippen LogP contribution in [0.1, 0.15) is 41.1 Å². The standard InChI is InChI=1S/C32H28N4O5/c1-3-27(34(21-22-12-5-4-6-13-22)31(37)23-14-11-15-24(20-23)36(39)40)30-33-26-17-8-7-16-25(26)32(38)35(30)28-18-9-10-19-29(28)41-2/h4-20,27H,3,21H2,1-2H3. The van der Waals surface area contributed by atoms with Gasteiger partial charge in [-0.05, 0) is 42.3 Å². The molecule has 9 heteroatoms. The lowest BCUT2D eigenvalue weighted by Crippen LogP contribution is -2.38. The average molecular weight is 549 g/mol. The van der Waals surface area contributed by atoms with Crippen molar-refractivity contribution < 1.29 is 14.5 Å². The number of aromatic nitrogens is 2. The maximum Gasteiger partial charge on any atom is 0.270 e. The Kier molecular flexibility index (Phi) is 7.87. The Balaban J connectivity index is 1.76. The van der Waals surface area contributed by atoms with Crippen molar-refractivity contribution in [3.8, 4) is 11.4 Å². The van der Waals surface area contributed by atoms with E-state index in [0.717, 1.165) is 5.56 Å². The van der Waals surface area contributed by atoms with Crippen LogP contribution in [0.2, 0.25) is 0 Å². The van der Waals surface area contributed by atoms with E-state index in [4.69, 9.17) is 9.72 Å². The minimum absolute atomic E-state index is 0.167. The summed E-state index contributed by atoms with van der Waals surface area (Å²) in [5.74, 6) is 0.413. The topological polar surface area (TPSA) is 108 Å². The molecule has 0 saturated heterocycles. The Hall–Kier alpha value is -5.31. The molecule has 0 aliphatic heterocycles. The number of rotatable bonds is 9. The number of benzene rings is 4. The van der Waals surface area contributed by atoms with Gasteiger partial charge in [-0.1, -0.05) is 67.6 Å². The minimum Gasteiger partial charge on any atom is -0.495 e. The van der Waals surface area contributed by atoms with Crippen LogP contribution in [0, 0.1) is 10.1 Å². The molecule has 1 amide bonds. The van der Waals surface area contributed by atoms with E-state index in [0.29, 0.717) is 34.6 Å². The number of nitrogens with zero attached hydrogens (tertiary/aromatic N) is 4. The number of hydrogen-bond acceptors (Lipinski definition) is 6. The van der Waals surface area contributed by atoms with E-state index in [9.17, 15) is 19.7 Å². The van der Waals surface area contributed by atoms with Gasteiger partial charge in [0, 0.05) is 24.2 Å². The number of carbonyl (C=O) groups is 1. The first-order valence-electron chi connectivity index (χ1n) is 13.2. The van der Waals surface area contributed by atoms with Crippen molar-refractivity contribution in [1.29, 1.82) is 0 Å². The van der Waals surface area contributed by atoms with Crippen molar-refractivity contribution in [2.24, 2.45) is 0 Å². The van der Waals surface area contributed by atoms with Crippen LogP contribution in [-0.4, -0.2) is 32.4 Å². The molecule has 0 radical (unpaired) electrons. The summed E-state index contributed by atoms with van der Waals surface area (Å²) in [7, 11) is 1.53. The van der Waals surface area contributed by atoms with Gasteiger partial charge in [0.2, 0.25) is 0 Å². The first kappa shape index (κ1) is 27.3. The van der Waals surface area contributed by atoms with Crippen molar-refractivity contribution in [2.45, 2.75) is 25.9 Å². The highest BCUT2D eigenvalue weighted by Crippen LogP contribution is 2.32. The Bertz CT molecular complexity index is 1780. The number of nitro groups is 1. The third-order valence-electron chi connectivity index (χ3n) is 6.95. The molecule has 0 saturated carbocycles. The van der Waals surface area contributed by atoms with Crippen molar-refractivity contribution in [2.75, 3.05) is 7.11 Å². The Morgan fingerprint density at radius 2 is 1.68 bits per heavy atom. The molecule has 0 aliphatic rings. The predicted octanol–water partition coefficient (Wildman–Crippen LogP) is 6.10. The van der Waals surface area contributed by atoms with Crippen LogP contribution in [0.25, 0.3) is 16.6 Å². The first-order valence-corrected chi connectivity index (χ1v) is 13.2. The molecule has 4 aromatic carbocycles. The first-order chi connectivity index (χ1) is 19.9. The van der Waals surface area contributed by atoms with Crippen LogP contribution >= 0.6 is 0 Å². The van der Waals surface area contributed by atoms with E-state index < -0.39 is 16.9 Å². The van der Waals surface area contributed by atoms with Crippen molar-refractivity contribution in [3.05, 3.63) is 141 Å². The number of methoxy groups -OCH3 is 1. The van der Waals surface area contributed by atoms with E-state index in [1.54, 1.807) is 47.4 Å². The maximum atomic E-state index is 14.2. The molecule has 0 spiro atoms. The zero-order valence-electron chi connectivity index (χ0n) is 22.6. The zero-order valence-corrected chi connectivity index (χ0v) is 22.6. The van der Waals surface area contributed by atoms with Gasteiger partial charge in [0.05, 0.1) is 34.7 Å². The van der Waals surface area contributed by atoms with Gasteiger partial charge in [0.25, 0.3) is 17.2 Å². The number of ether oxygens (including phenoxy) is 1.